The van der Waals surface area contributed by atoms with Crippen LogP contribution in [0.4, 0.5) is 27.8 Å². The standard InChI is InChI=1S/C60H60N2O2S4/c1-7-9-11-13-15-43-37-51(49-33-35-53(65-49)61(45-25-17-39(3)18-26-45)46-27-19-40(4)20-28-46)67-59(43)55-57(63)56(58(55)64)60-44(16-14-12-10-8-2)38-52(68-60)50-34-36-54(66-50)62(47-29-21-41(5)22-30-47)48-31-23-42(6)24-32-48/h17-38H,7-16H2,1-6H3/p+1. The van der Waals surface area contributed by atoms with E-state index < -0.39 is 0 Å². The van der Waals surface area contributed by atoms with Crippen molar-refractivity contribution in [1.29, 1.82) is 0 Å². The Morgan fingerprint density at radius 2 is 1.09 bits per heavy atom. The highest BCUT2D eigenvalue weighted by atomic mass is 32.2. The Morgan fingerprint density at radius 1 is 0.544 bits per heavy atom. The summed E-state index contributed by atoms with van der Waals surface area (Å²) in [7, 11) is 0. The third kappa shape index (κ3) is 10.3. The van der Waals surface area contributed by atoms with Gasteiger partial charge < -0.3 is 10.0 Å². The van der Waals surface area contributed by atoms with Gasteiger partial charge in [-0.3, -0.25) is 4.79 Å². The van der Waals surface area contributed by atoms with E-state index in [0.29, 0.717) is 11.1 Å². The van der Waals surface area contributed by atoms with Crippen LogP contribution in [0.5, 0.6) is 0 Å². The van der Waals surface area contributed by atoms with Crippen LogP contribution in [0.3, 0.4) is 0 Å². The van der Waals surface area contributed by atoms with E-state index in [1.165, 1.54) is 35.1 Å². The van der Waals surface area contributed by atoms with Gasteiger partial charge in [-0.2, -0.15) is 0 Å². The van der Waals surface area contributed by atoms with E-state index >= 15 is 0 Å². The number of aliphatic hydroxyl groups excluding tert-OH is 1. The first-order valence-electron chi connectivity index (χ1n) is 24.3. The number of hydrogen-bond donors (Lipinski definition) is 1. The minimum absolute atomic E-state index is 0.0394. The molecule has 0 spiro atoms. The lowest BCUT2D eigenvalue weighted by molar-refractivity contribution is -0.109. The average Bonchev–Trinajstić information content (AvgIpc) is 4.18. The number of rotatable bonds is 17. The van der Waals surface area contributed by atoms with Gasteiger partial charge in [-0.15, -0.1) is 38.6 Å². The summed E-state index contributed by atoms with van der Waals surface area (Å²) in [5.41, 5.74) is 12.6. The number of anilines is 3. The van der Waals surface area contributed by atoms with Crippen LogP contribution in [0.2, 0.25) is 0 Å². The van der Waals surface area contributed by atoms with Crippen LogP contribution in [0.1, 0.15) is 103 Å². The fourth-order valence-electron chi connectivity index (χ4n) is 8.95. The van der Waals surface area contributed by atoms with E-state index in [4.69, 9.17) is 0 Å². The molecule has 9 rings (SSSR count). The molecule has 3 aromatic heterocycles. The van der Waals surface area contributed by atoms with E-state index in [1.54, 1.807) is 45.8 Å². The zero-order valence-corrected chi connectivity index (χ0v) is 43.4. The molecule has 1 aliphatic heterocycles. The Balaban J connectivity index is 1.11. The lowest BCUT2D eigenvalue weighted by Gasteiger charge is -2.24. The van der Waals surface area contributed by atoms with Crippen molar-refractivity contribution in [1.82, 2.24) is 4.58 Å². The van der Waals surface area contributed by atoms with Gasteiger partial charge >= 0.3 is 0 Å². The van der Waals surface area contributed by atoms with Gasteiger partial charge in [0.05, 0.1) is 11.1 Å². The van der Waals surface area contributed by atoms with Crippen LogP contribution >= 0.6 is 45.8 Å². The molecule has 7 aromatic rings. The molecule has 4 aromatic carbocycles. The minimum Gasteiger partial charge on any atom is -0.506 e. The van der Waals surface area contributed by atoms with Crippen LogP contribution in [0.25, 0.3) is 25.8 Å². The molecule has 0 saturated heterocycles. The highest BCUT2D eigenvalue weighted by Gasteiger charge is 2.39. The number of carbonyl (C=O) groups is 1. The summed E-state index contributed by atoms with van der Waals surface area (Å²) in [6, 6.07) is 43.9. The summed E-state index contributed by atoms with van der Waals surface area (Å²) < 4.78 is 4.38. The van der Waals surface area contributed by atoms with E-state index in [-0.39, 0.29) is 11.5 Å². The average molecular weight is 970 g/mol. The van der Waals surface area contributed by atoms with Gasteiger partial charge in [0, 0.05) is 70.3 Å². The van der Waals surface area contributed by atoms with Crippen molar-refractivity contribution in [2.24, 2.45) is 0 Å². The predicted molar refractivity (Wildman–Crippen MR) is 298 cm³/mol. The van der Waals surface area contributed by atoms with E-state index in [0.717, 1.165) is 124 Å². The Bertz CT molecular complexity index is 3070. The number of aliphatic hydroxyl groups is 1. The Morgan fingerprint density at radius 3 is 1.63 bits per heavy atom. The maximum atomic E-state index is 14.8. The molecule has 0 atom stereocenters. The summed E-state index contributed by atoms with van der Waals surface area (Å²) in [5, 5.41) is 14.5. The summed E-state index contributed by atoms with van der Waals surface area (Å²) in [4.78, 5) is 21.5. The molecule has 0 unspecified atom stereocenters. The normalized spacial score (nSPS) is 15.1. The molecule has 4 nitrogen and oxygen atoms in total. The van der Waals surface area contributed by atoms with Crippen LogP contribution < -0.4 is 18.5 Å². The summed E-state index contributed by atoms with van der Waals surface area (Å²) in [6.45, 7) is 13.0. The van der Waals surface area contributed by atoms with E-state index in [1.807, 2.05) is 0 Å². The topological polar surface area (TPSA) is 43.5 Å². The quantitative estimate of drug-likeness (QED) is 0.0729. The van der Waals surface area contributed by atoms with Crippen molar-refractivity contribution < 1.29 is 9.90 Å². The van der Waals surface area contributed by atoms with Gasteiger partial charge in [-0.25, -0.2) is 0 Å². The summed E-state index contributed by atoms with van der Waals surface area (Å²) >= 11 is 6.84. The number of carbonyl (C=O) groups excluding carboxylic acids is 1. The number of Topliss-reactive ketones (excluding diaryl/α,β-unsaturated/α-hetero) is 1. The van der Waals surface area contributed by atoms with Gasteiger partial charge in [0.2, 0.25) is 17.2 Å². The summed E-state index contributed by atoms with van der Waals surface area (Å²) in [6.07, 6.45) is 15.2. The highest BCUT2D eigenvalue weighted by Crippen LogP contribution is 2.48. The summed E-state index contributed by atoms with van der Waals surface area (Å²) in [5.74, 6) is 0.109. The lowest BCUT2D eigenvalue weighted by atomic mass is 9.84. The smallest absolute Gasteiger partial charge is 0.251 e. The van der Waals surface area contributed by atoms with Crippen LogP contribution in [-0.2, 0) is 17.6 Å². The maximum absolute atomic E-state index is 14.8. The molecule has 68 heavy (non-hydrogen) atoms. The second-order valence-electron chi connectivity index (χ2n) is 18.3. The Kier molecular flexibility index (Phi) is 15.0. The first-order valence-corrected chi connectivity index (χ1v) is 27.6. The monoisotopic (exact) mass is 969 g/mol. The van der Waals surface area contributed by atoms with E-state index in [2.05, 4.69) is 184 Å². The SMILES string of the molecule is CCCCCCc1cc(-c2ccc(N(c3ccc(C)cc3)c3ccc(C)cc3)s2)sc1C1=C(O)C(=c2s/c(=C3\C=CC(=[N+](c4ccc(C)cc4)c4ccc(C)cc4)S3)cc2CCCCCC)C1=O. The third-order valence-corrected chi connectivity index (χ3v) is 17.8. The number of unbranched alkanes of at least 4 members (excludes halogenated alkanes) is 6. The number of aryl methyl sites for hydroxylation is 6. The molecule has 4 heterocycles. The maximum Gasteiger partial charge on any atom is 0.251 e. The number of allylic oxidation sites excluding steroid dienone is 2. The van der Waals surface area contributed by atoms with Gasteiger partial charge in [0.1, 0.15) is 10.8 Å². The minimum atomic E-state index is -0.0394. The van der Waals surface area contributed by atoms with Crippen molar-refractivity contribution in [3.8, 4) is 9.75 Å². The number of ketones is 1. The molecule has 8 heteroatoms. The van der Waals surface area contributed by atoms with Gasteiger partial charge in [0.15, 0.2) is 0 Å². The second kappa shape index (κ2) is 21.4. The van der Waals surface area contributed by atoms with E-state index in [9.17, 15) is 9.90 Å². The number of nitrogens with zero attached hydrogens (tertiary/aromatic N) is 2. The van der Waals surface area contributed by atoms with Crippen LogP contribution in [-0.4, -0.2) is 15.9 Å². The number of thiophene rings is 3. The Labute approximate surface area is 419 Å². The number of thioether (sulfide) groups is 1. The largest absolute Gasteiger partial charge is 0.506 e. The fraction of sp³-hybridized carbons (Fsp3) is 0.267. The van der Waals surface area contributed by atoms with Crippen molar-refractivity contribution in [2.45, 2.75) is 106 Å². The third-order valence-electron chi connectivity index (χ3n) is 12.9. The van der Waals surface area contributed by atoms with Crippen LogP contribution in [0.15, 0.2) is 139 Å². The van der Waals surface area contributed by atoms with Gasteiger partial charge in [0.25, 0.3) is 5.04 Å². The lowest BCUT2D eigenvalue weighted by Crippen LogP contribution is -2.26. The van der Waals surface area contributed by atoms with Crippen LogP contribution in [0, 0.1) is 27.7 Å². The molecular weight excluding hydrogens is 909 g/mol. The zero-order chi connectivity index (χ0) is 47.3. The number of hydrogen-bond acceptors (Lipinski definition) is 7. The molecule has 1 N–H and O–H groups in total. The van der Waals surface area contributed by atoms with Crippen molar-refractivity contribution in [3.63, 3.8) is 0 Å². The van der Waals surface area contributed by atoms with Crippen molar-refractivity contribution in [3.05, 3.63) is 187 Å². The number of benzene rings is 4. The van der Waals surface area contributed by atoms with Gasteiger partial charge in [-0.05, 0) is 131 Å². The zero-order valence-electron chi connectivity index (χ0n) is 40.2. The van der Waals surface area contributed by atoms with Crippen molar-refractivity contribution >= 4 is 100 Å². The fourth-order valence-corrected chi connectivity index (χ4v) is 13.7. The molecule has 0 amide bonds. The predicted octanol–water partition coefficient (Wildman–Crippen LogP) is 16.5. The highest BCUT2D eigenvalue weighted by molar-refractivity contribution is 8.22. The Hall–Kier alpha value is -5.51. The molecule has 2 aliphatic rings. The molecular formula is C60H61N2O2S4+. The molecule has 0 radical (unpaired) electrons. The molecule has 0 saturated carbocycles. The first kappa shape index (κ1) is 47.6. The molecule has 0 bridgehead atoms. The molecule has 1 aliphatic carbocycles. The van der Waals surface area contributed by atoms with Gasteiger partial charge in [-0.1, -0.05) is 123 Å². The van der Waals surface area contributed by atoms with Crippen molar-refractivity contribution in [2.75, 3.05) is 4.90 Å². The first-order chi connectivity index (χ1) is 33.1. The molecule has 0 fully saturated rings. The molecule has 346 valence electrons. The second-order valence-corrected chi connectivity index (χ2v) is 22.5.